The van der Waals surface area contributed by atoms with Gasteiger partial charge in [-0.2, -0.15) is 4.98 Å². The van der Waals surface area contributed by atoms with E-state index in [0.29, 0.717) is 12.1 Å². The average Bonchev–Trinajstić information content (AvgIpc) is 2.55. The molecule has 128 valence electrons. The van der Waals surface area contributed by atoms with Gasteiger partial charge in [0.2, 0.25) is 0 Å². The van der Waals surface area contributed by atoms with Crippen molar-refractivity contribution in [3.05, 3.63) is 52.1 Å². The van der Waals surface area contributed by atoms with Gasteiger partial charge in [0.05, 0.1) is 5.69 Å². The maximum absolute atomic E-state index is 11.9. The van der Waals surface area contributed by atoms with Crippen molar-refractivity contribution in [1.29, 1.82) is 0 Å². The fraction of sp³-hybridized carbons (Fsp3) is 0.444. The van der Waals surface area contributed by atoms with Gasteiger partial charge >= 0.3 is 5.69 Å². The first kappa shape index (κ1) is 16.7. The molecule has 0 unspecified atom stereocenters. The first-order valence-corrected chi connectivity index (χ1v) is 8.47. The molecular formula is C18H25N5O. The normalized spacial score (nSPS) is 20.9. The van der Waals surface area contributed by atoms with E-state index >= 15 is 0 Å². The third kappa shape index (κ3) is 3.83. The van der Waals surface area contributed by atoms with Crippen LogP contribution in [0.5, 0.6) is 0 Å². The van der Waals surface area contributed by atoms with Gasteiger partial charge in [-0.3, -0.25) is 4.57 Å². The van der Waals surface area contributed by atoms with Crippen LogP contribution in [0.1, 0.15) is 36.8 Å². The molecule has 1 fully saturated rings. The predicted molar refractivity (Wildman–Crippen MR) is 96.1 cm³/mol. The van der Waals surface area contributed by atoms with Crippen molar-refractivity contribution in [2.24, 2.45) is 5.73 Å². The summed E-state index contributed by atoms with van der Waals surface area (Å²) < 4.78 is 1.50. The number of nitrogens with zero attached hydrogens (tertiary/aromatic N) is 2. The molecule has 0 radical (unpaired) electrons. The molecule has 0 saturated heterocycles. The van der Waals surface area contributed by atoms with E-state index in [2.05, 4.69) is 23.3 Å². The number of nitrogen functional groups attached to an aromatic ring is 1. The minimum atomic E-state index is -0.362. The second kappa shape index (κ2) is 7.15. The van der Waals surface area contributed by atoms with E-state index in [0.717, 1.165) is 43.5 Å². The number of rotatable bonds is 4. The van der Waals surface area contributed by atoms with Gasteiger partial charge in [-0.15, -0.1) is 0 Å². The van der Waals surface area contributed by atoms with Crippen molar-refractivity contribution >= 4 is 5.82 Å². The zero-order valence-electron chi connectivity index (χ0n) is 14.0. The number of aryl methyl sites for hydroxylation is 1. The highest BCUT2D eigenvalue weighted by Gasteiger charge is 2.18. The highest BCUT2D eigenvalue weighted by molar-refractivity contribution is 5.41. The minimum absolute atomic E-state index is 0.237. The Morgan fingerprint density at radius 3 is 2.67 bits per heavy atom. The van der Waals surface area contributed by atoms with Crippen molar-refractivity contribution in [3.8, 4) is 5.69 Å². The van der Waals surface area contributed by atoms with Crippen LogP contribution in [0.4, 0.5) is 5.82 Å². The standard InChI is InChI=1S/C18H25N5O/c1-12-10-16(23-9-8-17(20)22-18(23)24)7-2-13(12)11-21-15-5-3-14(19)4-6-15/h2,7-10,14-15,21H,3-6,11,19H2,1H3,(H2,20,22,24). The second-order valence-corrected chi connectivity index (χ2v) is 6.61. The van der Waals surface area contributed by atoms with Gasteiger partial charge in [-0.25, -0.2) is 4.79 Å². The van der Waals surface area contributed by atoms with Gasteiger partial charge in [0.15, 0.2) is 0 Å². The van der Waals surface area contributed by atoms with E-state index in [1.165, 1.54) is 10.1 Å². The lowest BCUT2D eigenvalue weighted by molar-refractivity contribution is 0.341. The average molecular weight is 327 g/mol. The number of hydrogen-bond acceptors (Lipinski definition) is 5. The Kier molecular flexibility index (Phi) is 4.97. The summed E-state index contributed by atoms with van der Waals surface area (Å²) in [5.41, 5.74) is 14.3. The van der Waals surface area contributed by atoms with E-state index < -0.39 is 0 Å². The van der Waals surface area contributed by atoms with Crippen LogP contribution in [0, 0.1) is 6.92 Å². The summed E-state index contributed by atoms with van der Waals surface area (Å²) in [7, 11) is 0. The number of aromatic nitrogens is 2. The Morgan fingerprint density at radius 2 is 2.00 bits per heavy atom. The minimum Gasteiger partial charge on any atom is -0.383 e. The van der Waals surface area contributed by atoms with Crippen LogP contribution < -0.4 is 22.5 Å². The fourth-order valence-corrected chi connectivity index (χ4v) is 3.22. The Bertz CT molecular complexity index is 762. The van der Waals surface area contributed by atoms with Crippen LogP contribution in [0.3, 0.4) is 0 Å². The fourth-order valence-electron chi connectivity index (χ4n) is 3.22. The number of hydrogen-bond donors (Lipinski definition) is 3. The Hall–Kier alpha value is -2.18. The van der Waals surface area contributed by atoms with Gasteiger partial charge in [-0.1, -0.05) is 6.07 Å². The smallest absolute Gasteiger partial charge is 0.354 e. The van der Waals surface area contributed by atoms with Gasteiger partial charge < -0.3 is 16.8 Å². The maximum atomic E-state index is 11.9. The Balaban J connectivity index is 1.69. The van der Waals surface area contributed by atoms with E-state index in [1.54, 1.807) is 12.3 Å². The summed E-state index contributed by atoms with van der Waals surface area (Å²) in [5, 5.41) is 3.62. The molecule has 6 nitrogen and oxygen atoms in total. The summed E-state index contributed by atoms with van der Waals surface area (Å²) in [6, 6.07) is 8.56. The molecule has 3 rings (SSSR count). The highest BCUT2D eigenvalue weighted by atomic mass is 16.1. The maximum Gasteiger partial charge on any atom is 0.354 e. The Labute approximate surface area is 141 Å². The van der Waals surface area contributed by atoms with Gasteiger partial charge in [-0.05, 0) is 61.9 Å². The zero-order valence-corrected chi connectivity index (χ0v) is 14.0. The molecule has 0 aliphatic heterocycles. The van der Waals surface area contributed by atoms with Crippen LogP contribution in [-0.2, 0) is 6.54 Å². The van der Waals surface area contributed by atoms with Crippen molar-refractivity contribution in [3.63, 3.8) is 0 Å². The first-order chi connectivity index (χ1) is 11.5. The Morgan fingerprint density at radius 1 is 1.25 bits per heavy atom. The van der Waals surface area contributed by atoms with Crippen LogP contribution in [-0.4, -0.2) is 21.6 Å². The largest absolute Gasteiger partial charge is 0.383 e. The van der Waals surface area contributed by atoms with Crippen molar-refractivity contribution in [2.45, 2.75) is 51.2 Å². The zero-order chi connectivity index (χ0) is 17.1. The first-order valence-electron chi connectivity index (χ1n) is 8.47. The SMILES string of the molecule is Cc1cc(-n2ccc(N)nc2=O)ccc1CNC1CCC(N)CC1. The molecule has 1 aliphatic carbocycles. The summed E-state index contributed by atoms with van der Waals surface area (Å²) >= 11 is 0. The molecule has 1 aliphatic rings. The third-order valence-electron chi connectivity index (χ3n) is 4.78. The third-order valence-corrected chi connectivity index (χ3v) is 4.78. The number of nitrogens with one attached hydrogen (secondary N) is 1. The monoisotopic (exact) mass is 327 g/mol. The van der Waals surface area contributed by atoms with Gasteiger partial charge in [0, 0.05) is 24.8 Å². The molecule has 0 spiro atoms. The van der Waals surface area contributed by atoms with E-state index in [1.807, 2.05) is 12.1 Å². The van der Waals surface area contributed by atoms with Crippen LogP contribution in [0.25, 0.3) is 5.69 Å². The quantitative estimate of drug-likeness (QED) is 0.790. The van der Waals surface area contributed by atoms with Crippen molar-refractivity contribution in [1.82, 2.24) is 14.9 Å². The molecule has 1 aromatic carbocycles. The molecule has 2 aromatic rings. The number of benzene rings is 1. The number of nitrogens with two attached hydrogens (primary N) is 2. The van der Waals surface area contributed by atoms with E-state index in [9.17, 15) is 4.79 Å². The molecule has 1 aromatic heterocycles. The predicted octanol–water partition coefficient (Wildman–Crippen LogP) is 1.48. The van der Waals surface area contributed by atoms with Crippen molar-refractivity contribution < 1.29 is 0 Å². The van der Waals surface area contributed by atoms with Gasteiger partial charge in [0.1, 0.15) is 5.82 Å². The van der Waals surface area contributed by atoms with E-state index in [-0.39, 0.29) is 11.5 Å². The molecule has 24 heavy (non-hydrogen) atoms. The highest BCUT2D eigenvalue weighted by Crippen LogP contribution is 2.19. The molecule has 1 heterocycles. The lowest BCUT2D eigenvalue weighted by Gasteiger charge is -2.27. The van der Waals surface area contributed by atoms with Crippen LogP contribution >= 0.6 is 0 Å². The molecule has 0 atom stereocenters. The molecule has 6 heteroatoms. The van der Waals surface area contributed by atoms with Crippen molar-refractivity contribution in [2.75, 3.05) is 5.73 Å². The summed E-state index contributed by atoms with van der Waals surface area (Å²) in [5.74, 6) is 0.237. The molecule has 1 saturated carbocycles. The van der Waals surface area contributed by atoms with E-state index in [4.69, 9.17) is 11.5 Å². The summed E-state index contributed by atoms with van der Waals surface area (Å²) in [6.45, 7) is 2.90. The second-order valence-electron chi connectivity index (χ2n) is 6.61. The topological polar surface area (TPSA) is 99.0 Å². The lowest BCUT2D eigenvalue weighted by atomic mass is 9.91. The molecule has 5 N–H and O–H groups in total. The van der Waals surface area contributed by atoms with Crippen LogP contribution in [0.15, 0.2) is 35.3 Å². The summed E-state index contributed by atoms with van der Waals surface area (Å²) in [6.07, 6.45) is 6.14. The van der Waals surface area contributed by atoms with Gasteiger partial charge in [0.25, 0.3) is 0 Å². The lowest BCUT2D eigenvalue weighted by Crippen LogP contribution is -2.37. The summed E-state index contributed by atoms with van der Waals surface area (Å²) in [4.78, 5) is 15.7. The van der Waals surface area contributed by atoms with Crippen LogP contribution in [0.2, 0.25) is 0 Å². The molecular weight excluding hydrogens is 302 g/mol. The molecule has 0 bridgehead atoms. The molecule has 0 amide bonds. The number of anilines is 1.